The van der Waals surface area contributed by atoms with Gasteiger partial charge in [0.2, 0.25) is 5.95 Å². The van der Waals surface area contributed by atoms with Gasteiger partial charge in [0, 0.05) is 5.70 Å². The van der Waals surface area contributed by atoms with E-state index in [1.165, 1.54) is 0 Å². The number of methoxy groups -OCH3 is 1. The number of hydrogen-bond acceptors (Lipinski definition) is 4. The highest BCUT2D eigenvalue weighted by molar-refractivity contribution is 5.77. The first-order valence-electron chi connectivity index (χ1n) is 7.43. The molecule has 1 atom stereocenters. The second kappa shape index (κ2) is 5.61. The van der Waals surface area contributed by atoms with E-state index in [9.17, 15) is 0 Å². The first-order chi connectivity index (χ1) is 11.3. The normalized spacial score (nSPS) is 16.2. The second-order valence-corrected chi connectivity index (χ2v) is 5.32. The van der Waals surface area contributed by atoms with Crippen LogP contribution in [0.15, 0.2) is 67.0 Å². The number of hydrogen-bond donors (Lipinski definition) is 1. The minimum absolute atomic E-state index is 0.00476. The van der Waals surface area contributed by atoms with Crippen LogP contribution in [0.3, 0.4) is 0 Å². The zero-order valence-electron chi connectivity index (χ0n) is 12.7. The van der Waals surface area contributed by atoms with E-state index < -0.39 is 0 Å². The van der Waals surface area contributed by atoms with Gasteiger partial charge in [-0.15, -0.1) is 0 Å². The summed E-state index contributed by atoms with van der Waals surface area (Å²) in [5.41, 5.74) is 3.29. The number of nitrogens with zero attached hydrogens (tertiary/aromatic N) is 3. The third-order valence-electron chi connectivity index (χ3n) is 3.95. The SMILES string of the molecule is COc1ccc([C@@H]2C=C(c3ccccc3)Nc3ncnn32)cc1. The maximum Gasteiger partial charge on any atom is 0.226 e. The topological polar surface area (TPSA) is 52.0 Å². The number of ether oxygens (including phenoxy) is 1. The van der Waals surface area contributed by atoms with Crippen LogP contribution in [0, 0.1) is 0 Å². The largest absolute Gasteiger partial charge is 0.497 e. The molecule has 0 saturated carbocycles. The van der Waals surface area contributed by atoms with Gasteiger partial charge < -0.3 is 10.1 Å². The average Bonchev–Trinajstić information content (AvgIpc) is 3.10. The van der Waals surface area contributed by atoms with Crippen LogP contribution in [0.5, 0.6) is 5.75 Å². The van der Waals surface area contributed by atoms with Crippen molar-refractivity contribution >= 4 is 11.6 Å². The summed E-state index contributed by atoms with van der Waals surface area (Å²) in [5, 5.41) is 7.69. The quantitative estimate of drug-likeness (QED) is 0.806. The molecule has 0 fully saturated rings. The lowest BCUT2D eigenvalue weighted by molar-refractivity contribution is 0.414. The molecule has 1 aromatic heterocycles. The molecule has 0 spiro atoms. The first kappa shape index (κ1) is 13.6. The Bertz CT molecular complexity index is 837. The van der Waals surface area contributed by atoms with E-state index in [2.05, 4.69) is 45.7 Å². The van der Waals surface area contributed by atoms with Crippen LogP contribution in [0.1, 0.15) is 17.2 Å². The molecule has 23 heavy (non-hydrogen) atoms. The molecule has 5 nitrogen and oxygen atoms in total. The van der Waals surface area contributed by atoms with E-state index in [0.29, 0.717) is 0 Å². The molecule has 2 heterocycles. The molecule has 2 aromatic carbocycles. The summed E-state index contributed by atoms with van der Waals surface area (Å²) in [5.74, 6) is 1.58. The van der Waals surface area contributed by atoms with E-state index in [1.54, 1.807) is 13.4 Å². The van der Waals surface area contributed by atoms with Crippen LogP contribution in [-0.4, -0.2) is 21.9 Å². The average molecular weight is 304 g/mol. The molecule has 0 radical (unpaired) electrons. The molecular weight excluding hydrogens is 288 g/mol. The van der Waals surface area contributed by atoms with E-state index in [-0.39, 0.29) is 6.04 Å². The zero-order valence-corrected chi connectivity index (χ0v) is 12.7. The molecule has 4 rings (SSSR count). The van der Waals surface area contributed by atoms with Gasteiger partial charge in [0.05, 0.1) is 7.11 Å². The summed E-state index contributed by atoms with van der Waals surface area (Å²) in [7, 11) is 1.67. The summed E-state index contributed by atoms with van der Waals surface area (Å²) in [6.45, 7) is 0. The van der Waals surface area contributed by atoms with Crippen LogP contribution in [0.25, 0.3) is 5.70 Å². The van der Waals surface area contributed by atoms with Crippen molar-refractivity contribution in [1.82, 2.24) is 14.8 Å². The van der Waals surface area contributed by atoms with Gasteiger partial charge >= 0.3 is 0 Å². The van der Waals surface area contributed by atoms with Crippen molar-refractivity contribution in [3.63, 3.8) is 0 Å². The maximum atomic E-state index is 5.24. The number of aromatic nitrogens is 3. The lowest BCUT2D eigenvalue weighted by Gasteiger charge is -2.24. The summed E-state index contributed by atoms with van der Waals surface area (Å²) >= 11 is 0. The van der Waals surface area contributed by atoms with Crippen molar-refractivity contribution in [2.24, 2.45) is 0 Å². The molecule has 1 aliphatic rings. The molecule has 0 saturated heterocycles. The van der Waals surface area contributed by atoms with Gasteiger partial charge in [0.1, 0.15) is 18.1 Å². The monoisotopic (exact) mass is 304 g/mol. The third kappa shape index (κ3) is 2.46. The Morgan fingerprint density at radius 1 is 1.04 bits per heavy atom. The minimum Gasteiger partial charge on any atom is -0.497 e. The zero-order chi connectivity index (χ0) is 15.6. The Kier molecular flexibility index (Phi) is 3.31. The molecule has 1 aliphatic heterocycles. The van der Waals surface area contributed by atoms with Crippen LogP contribution < -0.4 is 10.1 Å². The lowest BCUT2D eigenvalue weighted by Crippen LogP contribution is -2.20. The highest BCUT2D eigenvalue weighted by Crippen LogP contribution is 2.32. The van der Waals surface area contributed by atoms with Crippen LogP contribution in [-0.2, 0) is 0 Å². The summed E-state index contributed by atoms with van der Waals surface area (Å²) < 4.78 is 7.12. The van der Waals surface area contributed by atoms with Gasteiger partial charge in [-0.3, -0.25) is 0 Å². The number of rotatable bonds is 3. The third-order valence-corrected chi connectivity index (χ3v) is 3.95. The van der Waals surface area contributed by atoms with Gasteiger partial charge in [-0.05, 0) is 29.3 Å². The fraction of sp³-hybridized carbons (Fsp3) is 0.111. The van der Waals surface area contributed by atoms with Crippen LogP contribution >= 0.6 is 0 Å². The predicted molar refractivity (Wildman–Crippen MR) is 89.2 cm³/mol. The standard InChI is InChI=1S/C18H16N4O/c1-23-15-9-7-14(8-10-15)17-11-16(13-5-3-2-4-6-13)21-18-19-12-20-22(17)18/h2-12,17H,1H3,(H,19,20,21)/t17-/m0/s1. The molecular formula is C18H16N4O. The molecule has 0 aliphatic carbocycles. The Balaban J connectivity index is 1.78. The number of fused-ring (bicyclic) bond motifs is 1. The highest BCUT2D eigenvalue weighted by atomic mass is 16.5. The number of benzene rings is 2. The van der Waals surface area contributed by atoms with Crippen LogP contribution in [0.2, 0.25) is 0 Å². The Morgan fingerprint density at radius 3 is 2.57 bits per heavy atom. The van der Waals surface area contributed by atoms with Crippen LogP contribution in [0.4, 0.5) is 5.95 Å². The second-order valence-electron chi connectivity index (χ2n) is 5.32. The number of allylic oxidation sites excluding steroid dienone is 1. The Hall–Kier alpha value is -3.08. The molecule has 3 aromatic rings. The van der Waals surface area contributed by atoms with E-state index in [0.717, 1.165) is 28.5 Å². The summed E-state index contributed by atoms with van der Waals surface area (Å²) in [6.07, 6.45) is 3.74. The molecule has 1 N–H and O–H groups in total. The van der Waals surface area contributed by atoms with E-state index in [1.807, 2.05) is 35.0 Å². The summed E-state index contributed by atoms with van der Waals surface area (Å²) in [6, 6.07) is 18.3. The molecule has 0 bridgehead atoms. The van der Waals surface area contributed by atoms with E-state index in [4.69, 9.17) is 4.74 Å². The van der Waals surface area contributed by atoms with E-state index >= 15 is 0 Å². The van der Waals surface area contributed by atoms with Crippen molar-refractivity contribution in [1.29, 1.82) is 0 Å². The molecule has 114 valence electrons. The van der Waals surface area contributed by atoms with Crippen molar-refractivity contribution in [2.75, 3.05) is 12.4 Å². The molecule has 0 amide bonds. The maximum absolute atomic E-state index is 5.24. The minimum atomic E-state index is -0.00476. The fourth-order valence-electron chi connectivity index (χ4n) is 2.76. The van der Waals surface area contributed by atoms with Crippen molar-refractivity contribution in [3.8, 4) is 5.75 Å². The Labute approximate surface area is 134 Å². The smallest absolute Gasteiger partial charge is 0.226 e. The highest BCUT2D eigenvalue weighted by Gasteiger charge is 2.23. The van der Waals surface area contributed by atoms with Gasteiger partial charge in [0.25, 0.3) is 0 Å². The lowest BCUT2D eigenvalue weighted by atomic mass is 10.0. The molecule has 5 heteroatoms. The number of nitrogens with one attached hydrogen (secondary N) is 1. The van der Waals surface area contributed by atoms with Crippen molar-refractivity contribution in [2.45, 2.75) is 6.04 Å². The first-order valence-corrected chi connectivity index (χ1v) is 7.43. The van der Waals surface area contributed by atoms with Gasteiger partial charge in [-0.2, -0.15) is 10.1 Å². The fourth-order valence-corrected chi connectivity index (χ4v) is 2.76. The predicted octanol–water partition coefficient (Wildman–Crippen LogP) is 3.34. The van der Waals surface area contributed by atoms with Gasteiger partial charge in [0.15, 0.2) is 0 Å². The van der Waals surface area contributed by atoms with Gasteiger partial charge in [-0.25, -0.2) is 4.68 Å². The van der Waals surface area contributed by atoms with Crippen molar-refractivity contribution < 1.29 is 4.74 Å². The summed E-state index contributed by atoms with van der Waals surface area (Å²) in [4.78, 5) is 4.32. The molecule has 0 unspecified atom stereocenters. The number of anilines is 1. The Morgan fingerprint density at radius 2 is 1.83 bits per heavy atom. The van der Waals surface area contributed by atoms with Gasteiger partial charge in [-0.1, -0.05) is 42.5 Å². The van der Waals surface area contributed by atoms with Crippen molar-refractivity contribution in [3.05, 3.63) is 78.1 Å².